The van der Waals surface area contributed by atoms with Crippen molar-refractivity contribution in [2.24, 2.45) is 0 Å². The number of benzene rings is 2. The summed E-state index contributed by atoms with van der Waals surface area (Å²) in [7, 11) is 1.03. The summed E-state index contributed by atoms with van der Waals surface area (Å²) in [4.78, 5) is 13.3. The molecule has 1 heterocycles. The van der Waals surface area contributed by atoms with Crippen LogP contribution in [0.1, 0.15) is 56.1 Å². The van der Waals surface area contributed by atoms with E-state index in [2.05, 4.69) is 13.0 Å². The van der Waals surface area contributed by atoms with Crippen molar-refractivity contribution in [3.05, 3.63) is 59.2 Å². The highest BCUT2D eigenvalue weighted by Gasteiger charge is 2.52. The van der Waals surface area contributed by atoms with Crippen LogP contribution in [0.2, 0.25) is 0 Å². The zero-order valence-electron chi connectivity index (χ0n) is 18.1. The van der Waals surface area contributed by atoms with Crippen LogP contribution in [0.4, 0.5) is 0 Å². The molecule has 3 rings (SSSR count). The van der Waals surface area contributed by atoms with Gasteiger partial charge in [-0.3, -0.25) is 4.79 Å². The van der Waals surface area contributed by atoms with Crippen LogP contribution in [-0.2, 0) is 15.1 Å². The van der Waals surface area contributed by atoms with Crippen molar-refractivity contribution in [3.63, 3.8) is 0 Å². The Labute approximate surface area is 178 Å². The van der Waals surface area contributed by atoms with Gasteiger partial charge in [-0.05, 0) is 68.7 Å². The fraction of sp³-hybridized carbons (Fsp3) is 0.435. The van der Waals surface area contributed by atoms with Crippen LogP contribution in [0, 0.1) is 0 Å². The molecule has 29 heavy (non-hydrogen) atoms. The molecule has 2 aromatic carbocycles. The molecule has 0 N–H and O–H groups in total. The lowest BCUT2D eigenvalue weighted by atomic mass is 9.73. The summed E-state index contributed by atoms with van der Waals surface area (Å²) in [6.45, 7) is 10.2. The molecule has 4 nitrogen and oxygen atoms in total. The van der Waals surface area contributed by atoms with Crippen molar-refractivity contribution in [2.45, 2.75) is 51.6 Å². The van der Waals surface area contributed by atoms with E-state index in [0.29, 0.717) is 11.1 Å². The van der Waals surface area contributed by atoms with Crippen LogP contribution in [0.15, 0.2) is 42.5 Å². The van der Waals surface area contributed by atoms with Crippen LogP contribution in [0.25, 0.3) is 0 Å². The molecule has 0 amide bonds. The van der Waals surface area contributed by atoms with Crippen LogP contribution >= 0.6 is 11.8 Å². The van der Waals surface area contributed by atoms with Gasteiger partial charge in [0.2, 0.25) is 0 Å². The normalized spacial score (nSPS) is 17.4. The first-order valence-electron chi connectivity index (χ1n) is 9.93. The second kappa shape index (κ2) is 8.54. The largest absolute Gasteiger partial charge is 0.497 e. The lowest BCUT2D eigenvalue weighted by molar-refractivity contribution is 0.00578. The third-order valence-electron chi connectivity index (χ3n) is 5.69. The minimum Gasteiger partial charge on any atom is -0.497 e. The molecular formula is C23H29BO4S. The summed E-state index contributed by atoms with van der Waals surface area (Å²) >= 11 is 1.85. The van der Waals surface area contributed by atoms with Gasteiger partial charge in [0, 0.05) is 16.9 Å². The highest BCUT2D eigenvalue weighted by Crippen LogP contribution is 2.37. The van der Waals surface area contributed by atoms with Crippen molar-refractivity contribution in [1.82, 2.24) is 0 Å². The van der Waals surface area contributed by atoms with Crippen LogP contribution in [0.5, 0.6) is 5.75 Å². The van der Waals surface area contributed by atoms with E-state index in [-0.39, 0.29) is 5.78 Å². The Morgan fingerprint density at radius 3 is 2.21 bits per heavy atom. The second-order valence-corrected chi connectivity index (χ2v) is 9.48. The summed E-state index contributed by atoms with van der Waals surface area (Å²) in [5.74, 6) is 2.60. The predicted molar refractivity (Wildman–Crippen MR) is 120 cm³/mol. The molecule has 1 aliphatic heterocycles. The van der Waals surface area contributed by atoms with E-state index in [9.17, 15) is 4.79 Å². The molecule has 1 aliphatic rings. The minimum absolute atomic E-state index is 0.0490. The number of ether oxygens (including phenoxy) is 1. The summed E-state index contributed by atoms with van der Waals surface area (Å²) in [5.41, 5.74) is 2.24. The van der Waals surface area contributed by atoms with Crippen molar-refractivity contribution in [3.8, 4) is 5.75 Å². The highest BCUT2D eigenvalue weighted by molar-refractivity contribution is 7.98. The summed E-state index contributed by atoms with van der Waals surface area (Å²) in [6, 6.07) is 13.2. The van der Waals surface area contributed by atoms with E-state index < -0.39 is 18.3 Å². The maximum Gasteiger partial charge on any atom is 0.495 e. The zero-order chi connectivity index (χ0) is 21.2. The maximum atomic E-state index is 13.3. The molecule has 6 heteroatoms. The minimum atomic E-state index is -0.580. The van der Waals surface area contributed by atoms with Gasteiger partial charge in [0.15, 0.2) is 5.78 Å². The maximum absolute atomic E-state index is 13.3. The number of carbonyl (C=O) groups is 1. The van der Waals surface area contributed by atoms with Crippen molar-refractivity contribution < 1.29 is 18.8 Å². The molecular weight excluding hydrogens is 383 g/mol. The van der Waals surface area contributed by atoms with E-state index in [0.717, 1.165) is 28.3 Å². The van der Waals surface area contributed by atoms with Gasteiger partial charge < -0.3 is 14.0 Å². The van der Waals surface area contributed by atoms with Gasteiger partial charge in [0.1, 0.15) is 5.75 Å². The molecule has 0 atom stereocenters. The van der Waals surface area contributed by atoms with Gasteiger partial charge in [-0.25, -0.2) is 0 Å². The number of hydrogen-bond donors (Lipinski definition) is 0. The van der Waals surface area contributed by atoms with E-state index in [1.165, 1.54) is 0 Å². The molecule has 0 spiro atoms. The molecule has 0 aliphatic carbocycles. The fourth-order valence-electron chi connectivity index (χ4n) is 3.19. The van der Waals surface area contributed by atoms with Gasteiger partial charge in [-0.2, -0.15) is 11.8 Å². The fourth-order valence-corrected chi connectivity index (χ4v) is 3.81. The van der Waals surface area contributed by atoms with Crippen molar-refractivity contribution >= 4 is 30.1 Å². The first-order valence-corrected chi connectivity index (χ1v) is 11.1. The molecule has 0 unspecified atom stereocenters. The quantitative estimate of drug-likeness (QED) is 0.496. The monoisotopic (exact) mass is 412 g/mol. The molecule has 0 saturated carbocycles. The van der Waals surface area contributed by atoms with Gasteiger partial charge >= 0.3 is 7.12 Å². The lowest BCUT2D eigenvalue weighted by Crippen LogP contribution is -2.41. The summed E-state index contributed by atoms with van der Waals surface area (Å²) in [6.07, 6.45) is 0. The molecule has 0 radical (unpaired) electrons. The molecule has 2 aromatic rings. The van der Waals surface area contributed by atoms with Gasteiger partial charge in [0.05, 0.1) is 18.3 Å². The van der Waals surface area contributed by atoms with E-state index in [4.69, 9.17) is 14.0 Å². The smallest absolute Gasteiger partial charge is 0.495 e. The van der Waals surface area contributed by atoms with Crippen molar-refractivity contribution in [1.29, 1.82) is 0 Å². The Kier molecular flexibility index (Phi) is 6.46. The average Bonchev–Trinajstić information content (AvgIpc) is 2.93. The average molecular weight is 412 g/mol. The number of thioether (sulfide) groups is 1. The Hall–Kier alpha value is -1.76. The first-order chi connectivity index (χ1) is 13.7. The van der Waals surface area contributed by atoms with Gasteiger partial charge in [-0.1, -0.05) is 25.1 Å². The van der Waals surface area contributed by atoms with Gasteiger partial charge in [0.25, 0.3) is 0 Å². The number of ketones is 1. The lowest BCUT2D eigenvalue weighted by Gasteiger charge is -2.32. The van der Waals surface area contributed by atoms with E-state index in [1.54, 1.807) is 31.4 Å². The molecule has 0 bridgehead atoms. The molecule has 154 valence electrons. The third kappa shape index (κ3) is 4.55. The molecule has 1 saturated heterocycles. The third-order valence-corrected chi connectivity index (χ3v) is 6.64. The number of hydrogen-bond acceptors (Lipinski definition) is 5. The summed E-state index contributed by atoms with van der Waals surface area (Å²) in [5, 5.41) is 0. The van der Waals surface area contributed by atoms with Crippen molar-refractivity contribution in [2.75, 3.05) is 12.9 Å². The Morgan fingerprint density at radius 1 is 1.03 bits per heavy atom. The van der Waals surface area contributed by atoms with E-state index in [1.807, 2.05) is 51.6 Å². The number of rotatable bonds is 7. The SMILES string of the molecule is CCSCc1ccc(C(=O)c2ccc(OC)cc2)c(B2OC(C)(C)C(C)(C)O2)c1. The standard InChI is InChI=1S/C23H29BO4S/c1-7-29-15-16-8-13-19(21(25)17-9-11-18(26-6)12-10-17)20(14-16)24-27-22(2,3)23(4,5)28-24/h8-14H,7,15H2,1-6H3. The first kappa shape index (κ1) is 21.9. The Morgan fingerprint density at radius 2 is 1.66 bits per heavy atom. The number of methoxy groups -OCH3 is 1. The highest BCUT2D eigenvalue weighted by atomic mass is 32.2. The topological polar surface area (TPSA) is 44.8 Å². The number of carbonyl (C=O) groups excluding carboxylic acids is 1. The van der Waals surface area contributed by atoms with Gasteiger partial charge in [-0.15, -0.1) is 0 Å². The van der Waals surface area contributed by atoms with Crippen LogP contribution in [0.3, 0.4) is 0 Å². The Bertz CT molecular complexity index is 861. The molecule has 1 fully saturated rings. The summed E-state index contributed by atoms with van der Waals surface area (Å²) < 4.78 is 17.7. The second-order valence-electron chi connectivity index (χ2n) is 8.20. The van der Waals surface area contributed by atoms with Crippen LogP contribution < -0.4 is 10.2 Å². The predicted octanol–water partition coefficient (Wildman–Crippen LogP) is 4.48. The van der Waals surface area contributed by atoms with Crippen LogP contribution in [-0.4, -0.2) is 37.0 Å². The zero-order valence-corrected chi connectivity index (χ0v) is 18.9. The molecule has 0 aromatic heterocycles. The Balaban J connectivity index is 2.01. The van der Waals surface area contributed by atoms with E-state index >= 15 is 0 Å².